The van der Waals surface area contributed by atoms with Crippen LogP contribution in [0.1, 0.15) is 12.1 Å². The molecule has 1 aromatic heterocycles. The predicted molar refractivity (Wildman–Crippen MR) is 80.8 cm³/mol. The van der Waals surface area contributed by atoms with Gasteiger partial charge in [0.25, 0.3) is 5.92 Å². The largest absolute Gasteiger partial charge is 0.349 e. The van der Waals surface area contributed by atoms with Crippen molar-refractivity contribution in [1.29, 1.82) is 0 Å². The molecule has 1 unspecified atom stereocenters. The number of alkyl halides is 2. The van der Waals surface area contributed by atoms with Gasteiger partial charge in [0.2, 0.25) is 5.91 Å². The Balaban J connectivity index is 1.56. The third-order valence-corrected chi connectivity index (χ3v) is 4.38. The Morgan fingerprint density at radius 2 is 2.18 bits per heavy atom. The van der Waals surface area contributed by atoms with E-state index in [1.807, 2.05) is 35.7 Å². The van der Waals surface area contributed by atoms with Crippen LogP contribution in [-0.2, 0) is 11.3 Å². The van der Waals surface area contributed by atoms with E-state index in [1.165, 1.54) is 11.3 Å². The van der Waals surface area contributed by atoms with Crippen molar-refractivity contribution in [2.75, 3.05) is 6.54 Å². The number of carbonyl (C=O) groups is 1. The number of aromatic nitrogens is 1. The van der Waals surface area contributed by atoms with Gasteiger partial charge in [-0.3, -0.25) is 10.1 Å². The van der Waals surface area contributed by atoms with Crippen LogP contribution >= 0.6 is 11.3 Å². The summed E-state index contributed by atoms with van der Waals surface area (Å²) in [6, 6.07) is 8.90. The summed E-state index contributed by atoms with van der Waals surface area (Å²) in [7, 11) is 0. The lowest BCUT2D eigenvalue weighted by atomic mass is 10.2. The maximum atomic E-state index is 13.1. The first-order chi connectivity index (χ1) is 10.5. The van der Waals surface area contributed by atoms with Gasteiger partial charge >= 0.3 is 0 Å². The van der Waals surface area contributed by atoms with E-state index in [9.17, 15) is 13.6 Å². The second kappa shape index (κ2) is 6.10. The molecule has 116 valence electrons. The second-order valence-corrected chi connectivity index (χ2v) is 6.08. The van der Waals surface area contributed by atoms with Crippen LogP contribution in [0.3, 0.4) is 0 Å². The van der Waals surface area contributed by atoms with Gasteiger partial charge in [0.15, 0.2) is 0 Å². The van der Waals surface area contributed by atoms with Crippen molar-refractivity contribution in [1.82, 2.24) is 15.6 Å². The Bertz CT molecular complexity index is 660. The average molecular weight is 323 g/mol. The molecule has 1 saturated heterocycles. The van der Waals surface area contributed by atoms with Crippen molar-refractivity contribution in [2.24, 2.45) is 0 Å². The van der Waals surface area contributed by atoms with Gasteiger partial charge in [0.1, 0.15) is 5.01 Å². The molecule has 0 spiro atoms. The van der Waals surface area contributed by atoms with Crippen LogP contribution in [0.2, 0.25) is 0 Å². The highest BCUT2D eigenvalue weighted by Gasteiger charge is 2.42. The van der Waals surface area contributed by atoms with Gasteiger partial charge in [0, 0.05) is 17.4 Å². The smallest absolute Gasteiger partial charge is 0.262 e. The molecule has 0 aliphatic carbocycles. The molecule has 1 fully saturated rings. The minimum atomic E-state index is -2.80. The van der Waals surface area contributed by atoms with Crippen molar-refractivity contribution in [3.8, 4) is 10.6 Å². The summed E-state index contributed by atoms with van der Waals surface area (Å²) >= 11 is 1.49. The standard InChI is InChI=1S/C15H15F2N3OS/c16-15(17)6-12(19-9-15)13(21)18-7-11-8-22-14(20-11)10-4-2-1-3-5-10/h1-5,8,12,19H,6-7,9H2,(H,18,21). The fraction of sp³-hybridized carbons (Fsp3) is 0.333. The van der Waals surface area contributed by atoms with Crippen molar-refractivity contribution in [3.63, 3.8) is 0 Å². The molecule has 1 amide bonds. The third-order valence-electron chi connectivity index (χ3n) is 3.44. The summed E-state index contributed by atoms with van der Waals surface area (Å²) < 4.78 is 26.1. The molecule has 4 nitrogen and oxygen atoms in total. The molecule has 2 aromatic rings. The molecule has 0 radical (unpaired) electrons. The van der Waals surface area contributed by atoms with Crippen molar-refractivity contribution in [3.05, 3.63) is 41.4 Å². The number of nitrogens with zero attached hydrogens (tertiary/aromatic N) is 1. The Morgan fingerprint density at radius 1 is 1.41 bits per heavy atom. The van der Waals surface area contributed by atoms with Gasteiger partial charge in [-0.15, -0.1) is 11.3 Å². The molecule has 2 heterocycles. The van der Waals surface area contributed by atoms with Crippen molar-refractivity contribution >= 4 is 17.2 Å². The first-order valence-corrected chi connectivity index (χ1v) is 7.80. The van der Waals surface area contributed by atoms with Gasteiger partial charge in [-0.2, -0.15) is 0 Å². The lowest BCUT2D eigenvalue weighted by Crippen LogP contribution is -2.40. The van der Waals surface area contributed by atoms with E-state index in [1.54, 1.807) is 0 Å². The number of carbonyl (C=O) groups excluding carboxylic acids is 1. The van der Waals surface area contributed by atoms with E-state index < -0.39 is 30.8 Å². The predicted octanol–water partition coefficient (Wildman–Crippen LogP) is 2.42. The number of benzene rings is 1. The summed E-state index contributed by atoms with van der Waals surface area (Å²) in [6.45, 7) is -0.203. The van der Waals surface area contributed by atoms with Crippen molar-refractivity contribution < 1.29 is 13.6 Å². The molecule has 2 N–H and O–H groups in total. The lowest BCUT2D eigenvalue weighted by molar-refractivity contribution is -0.123. The molecule has 0 saturated carbocycles. The van der Waals surface area contributed by atoms with Gasteiger partial charge in [-0.1, -0.05) is 30.3 Å². The third kappa shape index (κ3) is 3.48. The zero-order valence-electron chi connectivity index (χ0n) is 11.7. The average Bonchev–Trinajstić information content (AvgIpc) is 3.12. The normalized spacial score (nSPS) is 20.0. The summed E-state index contributed by atoms with van der Waals surface area (Å²) in [5.74, 6) is -3.21. The van der Waals surface area contributed by atoms with E-state index in [2.05, 4.69) is 15.6 Å². The first kappa shape index (κ1) is 15.1. The number of rotatable bonds is 4. The van der Waals surface area contributed by atoms with E-state index in [0.717, 1.165) is 16.3 Å². The van der Waals surface area contributed by atoms with E-state index >= 15 is 0 Å². The monoisotopic (exact) mass is 323 g/mol. The number of hydrogen-bond acceptors (Lipinski definition) is 4. The van der Waals surface area contributed by atoms with Crippen LogP contribution in [0.25, 0.3) is 10.6 Å². The minimum Gasteiger partial charge on any atom is -0.349 e. The molecule has 1 aliphatic rings. The Labute approximate surface area is 130 Å². The topological polar surface area (TPSA) is 54.0 Å². The maximum absolute atomic E-state index is 13.1. The number of hydrogen-bond donors (Lipinski definition) is 2. The number of halogens is 2. The Morgan fingerprint density at radius 3 is 2.86 bits per heavy atom. The molecular formula is C15H15F2N3OS. The van der Waals surface area contributed by atoms with E-state index in [0.29, 0.717) is 0 Å². The molecule has 3 rings (SSSR count). The van der Waals surface area contributed by atoms with Gasteiger partial charge in [-0.05, 0) is 0 Å². The quantitative estimate of drug-likeness (QED) is 0.908. The highest BCUT2D eigenvalue weighted by molar-refractivity contribution is 7.13. The van der Waals surface area contributed by atoms with Crippen LogP contribution in [0.5, 0.6) is 0 Å². The molecule has 1 aromatic carbocycles. The lowest BCUT2D eigenvalue weighted by Gasteiger charge is -2.10. The molecule has 1 atom stereocenters. The first-order valence-electron chi connectivity index (χ1n) is 6.92. The van der Waals surface area contributed by atoms with Gasteiger partial charge in [0.05, 0.1) is 24.8 Å². The SMILES string of the molecule is O=C(NCc1csc(-c2ccccc2)n1)C1CC(F)(F)CN1. The summed E-state index contributed by atoms with van der Waals surface area (Å²) in [5.41, 5.74) is 1.74. The maximum Gasteiger partial charge on any atom is 0.262 e. The van der Waals surface area contributed by atoms with Gasteiger partial charge in [-0.25, -0.2) is 13.8 Å². The summed E-state index contributed by atoms with van der Waals surface area (Å²) in [4.78, 5) is 16.3. The number of amides is 1. The Hall–Kier alpha value is -1.86. The van der Waals surface area contributed by atoms with Crippen LogP contribution in [0, 0.1) is 0 Å². The fourth-order valence-corrected chi connectivity index (χ4v) is 3.13. The zero-order chi connectivity index (χ0) is 15.6. The van der Waals surface area contributed by atoms with E-state index in [-0.39, 0.29) is 6.54 Å². The molecular weight excluding hydrogens is 308 g/mol. The molecule has 1 aliphatic heterocycles. The van der Waals surface area contributed by atoms with Crippen LogP contribution < -0.4 is 10.6 Å². The zero-order valence-corrected chi connectivity index (χ0v) is 12.5. The van der Waals surface area contributed by atoms with Crippen LogP contribution in [-0.4, -0.2) is 29.4 Å². The van der Waals surface area contributed by atoms with Gasteiger partial charge < -0.3 is 5.32 Å². The van der Waals surface area contributed by atoms with Crippen LogP contribution in [0.4, 0.5) is 8.78 Å². The summed E-state index contributed by atoms with van der Waals surface area (Å²) in [6.07, 6.45) is -0.453. The summed E-state index contributed by atoms with van der Waals surface area (Å²) in [5, 5.41) is 7.92. The van der Waals surface area contributed by atoms with Crippen molar-refractivity contribution in [2.45, 2.75) is 24.9 Å². The Kier molecular flexibility index (Phi) is 4.17. The highest BCUT2D eigenvalue weighted by Crippen LogP contribution is 2.25. The highest BCUT2D eigenvalue weighted by atomic mass is 32.1. The molecule has 22 heavy (non-hydrogen) atoms. The molecule has 7 heteroatoms. The van der Waals surface area contributed by atoms with Crippen LogP contribution in [0.15, 0.2) is 35.7 Å². The van der Waals surface area contributed by atoms with E-state index in [4.69, 9.17) is 0 Å². The number of nitrogens with one attached hydrogen (secondary N) is 2. The minimum absolute atomic E-state index is 0.242. The number of thiazole rings is 1. The second-order valence-electron chi connectivity index (χ2n) is 5.22. The fourth-order valence-electron chi connectivity index (χ4n) is 2.30. The molecule has 0 bridgehead atoms.